The second kappa shape index (κ2) is 17.0. The fourth-order valence-corrected chi connectivity index (χ4v) is 3.63. The van der Waals surface area contributed by atoms with Crippen molar-refractivity contribution >= 4 is 46.5 Å². The molecule has 0 aliphatic heterocycles. The molecule has 0 heterocycles. The van der Waals surface area contributed by atoms with Crippen molar-refractivity contribution in [3.63, 3.8) is 0 Å². The highest BCUT2D eigenvalue weighted by Crippen LogP contribution is 2.37. The van der Waals surface area contributed by atoms with Crippen molar-refractivity contribution in [1.82, 2.24) is 0 Å². The smallest absolute Gasteiger partial charge is 0.337 e. The SMILES string of the molecule is O=C(O)CCOCCCOCCCOCCCOc1c(Cl)cc(Nc2ccccc2C(=O)O)cc1Cl. The molecule has 3 N–H and O–H groups in total. The van der Waals surface area contributed by atoms with Gasteiger partial charge >= 0.3 is 11.9 Å². The molecule has 9 nitrogen and oxygen atoms in total. The van der Waals surface area contributed by atoms with Gasteiger partial charge in [-0.1, -0.05) is 35.3 Å². The lowest BCUT2D eigenvalue weighted by Crippen LogP contribution is -2.08. The van der Waals surface area contributed by atoms with Crippen LogP contribution in [0.1, 0.15) is 36.0 Å². The Balaban J connectivity index is 1.58. The standard InChI is InChI=1S/C25H31Cl2NO8/c26-20-16-18(28-22-7-2-1-6-19(22)25(31)32)17-21(27)24(20)36-14-5-13-34-10-3-9-33-11-4-12-35-15-8-23(29)30/h1-2,6-7,16-17,28H,3-5,8-15H2,(H,29,30)(H,31,32). The number of anilines is 2. The van der Waals surface area contributed by atoms with Crippen LogP contribution in [0.5, 0.6) is 5.75 Å². The molecule has 2 aromatic rings. The number of nitrogens with one attached hydrogen (secondary N) is 1. The fourth-order valence-electron chi connectivity index (χ4n) is 3.03. The number of hydrogen-bond acceptors (Lipinski definition) is 7. The fraction of sp³-hybridized carbons (Fsp3) is 0.440. The van der Waals surface area contributed by atoms with Gasteiger partial charge in [0, 0.05) is 45.1 Å². The van der Waals surface area contributed by atoms with Crippen LogP contribution < -0.4 is 10.1 Å². The van der Waals surface area contributed by atoms with Crippen LogP contribution in [0.2, 0.25) is 10.0 Å². The van der Waals surface area contributed by atoms with Crippen LogP contribution in [-0.2, 0) is 19.0 Å². The molecule has 36 heavy (non-hydrogen) atoms. The first kappa shape index (κ1) is 29.7. The summed E-state index contributed by atoms with van der Waals surface area (Å²) < 4.78 is 21.9. The van der Waals surface area contributed by atoms with Gasteiger partial charge in [0.1, 0.15) is 0 Å². The lowest BCUT2D eigenvalue weighted by molar-refractivity contribution is -0.138. The second-order valence-corrected chi connectivity index (χ2v) is 8.45. The van der Waals surface area contributed by atoms with E-state index in [4.69, 9.17) is 47.3 Å². The Labute approximate surface area is 220 Å². The number of hydrogen-bond donors (Lipinski definition) is 3. The minimum atomic E-state index is -1.04. The number of ether oxygens (including phenoxy) is 4. The number of aromatic carboxylic acids is 1. The number of carboxylic acids is 2. The van der Waals surface area contributed by atoms with Crippen molar-refractivity contribution in [1.29, 1.82) is 0 Å². The van der Waals surface area contributed by atoms with Gasteiger partial charge < -0.3 is 34.5 Å². The van der Waals surface area contributed by atoms with Crippen LogP contribution in [-0.4, -0.2) is 68.4 Å². The number of halogens is 2. The summed E-state index contributed by atoms with van der Waals surface area (Å²) in [6.07, 6.45) is 2.14. The molecule has 0 unspecified atom stereocenters. The molecule has 2 rings (SSSR count). The summed E-state index contributed by atoms with van der Waals surface area (Å²) in [5, 5.41) is 21.5. The summed E-state index contributed by atoms with van der Waals surface area (Å²) >= 11 is 12.7. The van der Waals surface area contributed by atoms with Crippen LogP contribution in [0.4, 0.5) is 11.4 Å². The van der Waals surface area contributed by atoms with Crippen molar-refractivity contribution in [3.05, 3.63) is 52.0 Å². The number of carbonyl (C=O) groups is 2. The number of rotatable bonds is 19. The monoisotopic (exact) mass is 543 g/mol. The molecule has 0 aliphatic carbocycles. The maximum atomic E-state index is 11.4. The molecule has 0 bridgehead atoms. The quantitative estimate of drug-likeness (QED) is 0.197. The summed E-state index contributed by atoms with van der Waals surface area (Å²) in [7, 11) is 0. The Morgan fingerprint density at radius 1 is 0.778 bits per heavy atom. The van der Waals surface area contributed by atoms with Gasteiger partial charge in [-0.15, -0.1) is 0 Å². The van der Waals surface area contributed by atoms with Crippen LogP contribution in [0.25, 0.3) is 0 Å². The second-order valence-electron chi connectivity index (χ2n) is 7.63. The van der Waals surface area contributed by atoms with E-state index < -0.39 is 11.9 Å². The van der Waals surface area contributed by atoms with Gasteiger partial charge in [0.25, 0.3) is 0 Å². The number of carboxylic acid groups (broad SMARTS) is 2. The first-order valence-electron chi connectivity index (χ1n) is 11.5. The van der Waals surface area contributed by atoms with E-state index in [1.807, 2.05) is 0 Å². The Kier molecular flexibility index (Phi) is 14.0. The lowest BCUT2D eigenvalue weighted by Gasteiger charge is -2.14. The van der Waals surface area contributed by atoms with Gasteiger partial charge in [0.05, 0.1) is 40.9 Å². The zero-order valence-electron chi connectivity index (χ0n) is 19.8. The minimum Gasteiger partial charge on any atom is -0.490 e. The first-order chi connectivity index (χ1) is 17.4. The summed E-state index contributed by atoms with van der Waals surface area (Å²) in [4.78, 5) is 21.7. The summed E-state index contributed by atoms with van der Waals surface area (Å²) in [6.45, 7) is 3.28. The Morgan fingerprint density at radius 3 is 1.86 bits per heavy atom. The van der Waals surface area contributed by atoms with E-state index in [1.54, 1.807) is 30.3 Å². The summed E-state index contributed by atoms with van der Waals surface area (Å²) in [5.41, 5.74) is 1.11. The Morgan fingerprint density at radius 2 is 1.31 bits per heavy atom. The van der Waals surface area contributed by atoms with Crippen molar-refractivity contribution in [2.45, 2.75) is 25.7 Å². The van der Waals surface area contributed by atoms with Crippen LogP contribution in [0, 0.1) is 0 Å². The third kappa shape index (κ3) is 11.5. The Hall–Kier alpha value is -2.56. The maximum absolute atomic E-state index is 11.4. The van der Waals surface area contributed by atoms with E-state index in [1.165, 1.54) is 6.07 Å². The largest absolute Gasteiger partial charge is 0.490 e. The third-order valence-electron chi connectivity index (χ3n) is 4.73. The number of benzene rings is 2. The van der Waals surface area contributed by atoms with Crippen molar-refractivity contribution < 1.29 is 38.7 Å². The normalized spacial score (nSPS) is 10.8. The van der Waals surface area contributed by atoms with Gasteiger partial charge in [-0.05, 0) is 37.1 Å². The molecular formula is C25H31Cl2NO8. The molecule has 0 spiro atoms. The predicted molar refractivity (Wildman–Crippen MR) is 137 cm³/mol. The van der Waals surface area contributed by atoms with Gasteiger partial charge in [-0.3, -0.25) is 4.79 Å². The van der Waals surface area contributed by atoms with Crippen LogP contribution >= 0.6 is 23.2 Å². The lowest BCUT2D eigenvalue weighted by atomic mass is 10.1. The van der Waals surface area contributed by atoms with Crippen LogP contribution in [0.3, 0.4) is 0 Å². The number of aliphatic carboxylic acids is 1. The molecule has 0 fully saturated rings. The molecule has 11 heteroatoms. The highest BCUT2D eigenvalue weighted by Gasteiger charge is 2.13. The molecular weight excluding hydrogens is 513 g/mol. The van der Waals surface area contributed by atoms with E-state index in [9.17, 15) is 14.7 Å². The third-order valence-corrected chi connectivity index (χ3v) is 5.29. The van der Waals surface area contributed by atoms with Crippen LogP contribution in [0.15, 0.2) is 36.4 Å². The minimum absolute atomic E-state index is 0.0126. The van der Waals surface area contributed by atoms with Gasteiger partial charge in [0.15, 0.2) is 5.75 Å². The topological polar surface area (TPSA) is 124 Å². The highest BCUT2D eigenvalue weighted by molar-refractivity contribution is 6.37. The zero-order chi connectivity index (χ0) is 26.2. The highest BCUT2D eigenvalue weighted by atomic mass is 35.5. The van der Waals surface area contributed by atoms with E-state index in [0.717, 1.165) is 12.8 Å². The molecule has 0 saturated carbocycles. The van der Waals surface area contributed by atoms with E-state index in [-0.39, 0.29) is 18.6 Å². The predicted octanol–water partition coefficient (Wildman–Crippen LogP) is 5.51. The van der Waals surface area contributed by atoms with Gasteiger partial charge in [0.2, 0.25) is 0 Å². The van der Waals surface area contributed by atoms with Crippen molar-refractivity contribution in [2.75, 3.05) is 51.6 Å². The van der Waals surface area contributed by atoms with Gasteiger partial charge in [-0.25, -0.2) is 4.79 Å². The molecule has 198 valence electrons. The van der Waals surface area contributed by atoms with E-state index in [2.05, 4.69) is 5.32 Å². The zero-order valence-corrected chi connectivity index (χ0v) is 21.4. The molecule has 0 saturated heterocycles. The number of para-hydroxylation sites is 1. The molecule has 0 aliphatic rings. The first-order valence-corrected chi connectivity index (χ1v) is 12.3. The maximum Gasteiger partial charge on any atom is 0.337 e. The average Bonchev–Trinajstić information content (AvgIpc) is 2.83. The van der Waals surface area contributed by atoms with E-state index >= 15 is 0 Å². The van der Waals surface area contributed by atoms with Crippen molar-refractivity contribution in [3.8, 4) is 5.75 Å². The molecule has 0 aromatic heterocycles. The average molecular weight is 544 g/mol. The molecule has 0 atom stereocenters. The Bertz CT molecular complexity index is 950. The van der Waals surface area contributed by atoms with E-state index in [0.29, 0.717) is 73.2 Å². The summed E-state index contributed by atoms with van der Waals surface area (Å²) in [6, 6.07) is 9.79. The molecule has 2 aromatic carbocycles. The summed E-state index contributed by atoms with van der Waals surface area (Å²) in [5.74, 6) is -1.55. The van der Waals surface area contributed by atoms with Crippen molar-refractivity contribution in [2.24, 2.45) is 0 Å². The van der Waals surface area contributed by atoms with Gasteiger partial charge in [-0.2, -0.15) is 0 Å². The molecule has 0 amide bonds. The molecule has 0 radical (unpaired) electrons.